The Morgan fingerprint density at radius 3 is 2.21 bits per heavy atom. The zero-order valence-corrected chi connectivity index (χ0v) is 12.2. The zero-order valence-electron chi connectivity index (χ0n) is 11.4. The van der Waals surface area contributed by atoms with Crippen LogP contribution in [0.15, 0.2) is 0 Å². The molecule has 1 fully saturated rings. The van der Waals surface area contributed by atoms with Crippen molar-refractivity contribution in [2.24, 2.45) is 5.92 Å². The standard InChI is InChI=1S/C13H19F3N2S/c1-8-9(2)19-11(18-8)12(17-3)6-4-10(5-7-12)13(14,15)16/h10,17H,4-7H2,1-3H3. The van der Waals surface area contributed by atoms with Crippen molar-refractivity contribution in [1.82, 2.24) is 10.3 Å². The summed E-state index contributed by atoms with van der Waals surface area (Å²) >= 11 is 1.60. The van der Waals surface area contributed by atoms with Gasteiger partial charge in [-0.05, 0) is 46.6 Å². The van der Waals surface area contributed by atoms with Crippen LogP contribution < -0.4 is 5.32 Å². The Balaban J connectivity index is 2.18. The third-order valence-corrected chi connectivity index (χ3v) is 5.50. The Hall–Kier alpha value is -0.620. The first-order valence-corrected chi connectivity index (χ1v) is 7.30. The number of alkyl halides is 3. The van der Waals surface area contributed by atoms with Gasteiger partial charge in [0.2, 0.25) is 0 Å². The number of aryl methyl sites for hydroxylation is 2. The quantitative estimate of drug-likeness (QED) is 0.893. The monoisotopic (exact) mass is 292 g/mol. The minimum absolute atomic E-state index is 0.183. The number of nitrogens with one attached hydrogen (secondary N) is 1. The van der Waals surface area contributed by atoms with Gasteiger partial charge in [-0.15, -0.1) is 11.3 Å². The highest BCUT2D eigenvalue weighted by Crippen LogP contribution is 2.46. The van der Waals surface area contributed by atoms with Gasteiger partial charge >= 0.3 is 6.18 Å². The zero-order chi connectivity index (χ0) is 14.3. The summed E-state index contributed by atoms with van der Waals surface area (Å²) in [7, 11) is 1.82. The van der Waals surface area contributed by atoms with Gasteiger partial charge in [0.15, 0.2) is 0 Å². The molecule has 0 saturated heterocycles. The number of halogens is 3. The van der Waals surface area contributed by atoms with Crippen LogP contribution >= 0.6 is 11.3 Å². The molecule has 0 spiro atoms. The second-order valence-electron chi connectivity index (χ2n) is 5.31. The second-order valence-corrected chi connectivity index (χ2v) is 6.51. The minimum atomic E-state index is -4.06. The highest BCUT2D eigenvalue weighted by molar-refractivity contribution is 7.11. The molecule has 1 aromatic rings. The predicted octanol–water partition coefficient (Wildman–Crippen LogP) is 3.93. The topological polar surface area (TPSA) is 24.9 Å². The van der Waals surface area contributed by atoms with Gasteiger partial charge in [0.1, 0.15) is 5.01 Å². The average Bonchev–Trinajstić information content (AvgIpc) is 2.69. The van der Waals surface area contributed by atoms with E-state index in [2.05, 4.69) is 10.3 Å². The summed E-state index contributed by atoms with van der Waals surface area (Å²) in [6.45, 7) is 3.95. The minimum Gasteiger partial charge on any atom is -0.308 e. The maximum atomic E-state index is 12.7. The van der Waals surface area contributed by atoms with E-state index in [4.69, 9.17) is 0 Å². The summed E-state index contributed by atoms with van der Waals surface area (Å²) in [6, 6.07) is 0. The van der Waals surface area contributed by atoms with E-state index >= 15 is 0 Å². The Kier molecular flexibility index (Phi) is 3.93. The maximum Gasteiger partial charge on any atom is 0.391 e. The Labute approximate surface area is 115 Å². The molecule has 6 heteroatoms. The third kappa shape index (κ3) is 2.79. The molecule has 1 heterocycles. The van der Waals surface area contributed by atoms with E-state index in [1.54, 1.807) is 11.3 Å². The molecule has 108 valence electrons. The van der Waals surface area contributed by atoms with Crippen LogP contribution in [0.2, 0.25) is 0 Å². The van der Waals surface area contributed by atoms with Crippen molar-refractivity contribution in [3.8, 4) is 0 Å². The summed E-state index contributed by atoms with van der Waals surface area (Å²) in [4.78, 5) is 5.68. The van der Waals surface area contributed by atoms with Gasteiger partial charge in [0, 0.05) is 4.88 Å². The lowest BCUT2D eigenvalue weighted by Crippen LogP contribution is -2.45. The second kappa shape index (κ2) is 5.05. The number of aromatic nitrogens is 1. The first-order chi connectivity index (χ1) is 8.78. The number of hydrogen-bond acceptors (Lipinski definition) is 3. The van der Waals surface area contributed by atoms with Crippen LogP contribution in [0.3, 0.4) is 0 Å². The van der Waals surface area contributed by atoms with Gasteiger partial charge < -0.3 is 5.32 Å². The van der Waals surface area contributed by atoms with E-state index in [0.29, 0.717) is 12.8 Å². The molecule has 19 heavy (non-hydrogen) atoms. The molecule has 0 bridgehead atoms. The van der Waals surface area contributed by atoms with Crippen molar-refractivity contribution in [2.45, 2.75) is 51.2 Å². The highest BCUT2D eigenvalue weighted by atomic mass is 32.1. The smallest absolute Gasteiger partial charge is 0.308 e. The van der Waals surface area contributed by atoms with Gasteiger partial charge in [-0.2, -0.15) is 13.2 Å². The summed E-state index contributed by atoms with van der Waals surface area (Å²) in [6.07, 6.45) is -2.70. The maximum absolute atomic E-state index is 12.7. The summed E-state index contributed by atoms with van der Waals surface area (Å²) in [5, 5.41) is 4.16. The molecule has 1 N–H and O–H groups in total. The molecule has 0 aliphatic heterocycles. The van der Waals surface area contributed by atoms with Crippen molar-refractivity contribution in [3.05, 3.63) is 15.6 Å². The first kappa shape index (κ1) is 14.8. The molecule has 1 saturated carbocycles. The Morgan fingerprint density at radius 2 is 1.84 bits per heavy atom. The van der Waals surface area contributed by atoms with Crippen LogP contribution in [-0.4, -0.2) is 18.2 Å². The number of hydrogen-bond donors (Lipinski definition) is 1. The number of nitrogens with zero attached hydrogens (tertiary/aromatic N) is 1. The first-order valence-electron chi connectivity index (χ1n) is 6.48. The normalized spacial score (nSPS) is 28.6. The van der Waals surface area contributed by atoms with Gasteiger partial charge in [-0.25, -0.2) is 4.98 Å². The highest BCUT2D eigenvalue weighted by Gasteiger charge is 2.47. The van der Waals surface area contributed by atoms with Crippen LogP contribution in [0.1, 0.15) is 41.3 Å². The van der Waals surface area contributed by atoms with E-state index in [0.717, 1.165) is 15.6 Å². The third-order valence-electron chi connectivity index (χ3n) is 4.22. The van der Waals surface area contributed by atoms with Crippen LogP contribution in [0.5, 0.6) is 0 Å². The Morgan fingerprint density at radius 1 is 1.26 bits per heavy atom. The largest absolute Gasteiger partial charge is 0.391 e. The summed E-state index contributed by atoms with van der Waals surface area (Å²) in [5.41, 5.74) is 0.610. The van der Waals surface area contributed by atoms with E-state index in [1.165, 1.54) is 0 Å². The van der Waals surface area contributed by atoms with E-state index in [9.17, 15) is 13.2 Å². The van der Waals surface area contributed by atoms with Crippen LogP contribution in [-0.2, 0) is 5.54 Å². The van der Waals surface area contributed by atoms with Crippen molar-refractivity contribution in [3.63, 3.8) is 0 Å². The van der Waals surface area contributed by atoms with Gasteiger partial charge in [-0.1, -0.05) is 0 Å². The van der Waals surface area contributed by atoms with E-state index in [1.807, 2.05) is 20.9 Å². The van der Waals surface area contributed by atoms with Crippen molar-refractivity contribution >= 4 is 11.3 Å². The lowest BCUT2D eigenvalue weighted by molar-refractivity contribution is -0.185. The molecule has 0 radical (unpaired) electrons. The predicted molar refractivity (Wildman–Crippen MR) is 70.3 cm³/mol. The van der Waals surface area contributed by atoms with Gasteiger partial charge in [0.25, 0.3) is 0 Å². The van der Waals surface area contributed by atoms with Crippen molar-refractivity contribution in [1.29, 1.82) is 0 Å². The molecule has 2 rings (SSSR count). The van der Waals surface area contributed by atoms with E-state index < -0.39 is 12.1 Å². The van der Waals surface area contributed by atoms with Crippen LogP contribution in [0, 0.1) is 19.8 Å². The Bertz CT molecular complexity index is 426. The fraction of sp³-hybridized carbons (Fsp3) is 0.769. The average molecular weight is 292 g/mol. The molecule has 1 aromatic heterocycles. The number of thiazole rings is 1. The fourth-order valence-electron chi connectivity index (χ4n) is 2.69. The fourth-order valence-corrected chi connectivity index (χ4v) is 3.85. The molecule has 0 atom stereocenters. The SMILES string of the molecule is CNC1(c2nc(C)c(C)s2)CCC(C(F)(F)F)CC1. The molecule has 0 unspecified atom stereocenters. The van der Waals surface area contributed by atoms with Crippen LogP contribution in [0.25, 0.3) is 0 Å². The summed E-state index contributed by atoms with van der Waals surface area (Å²) in [5.74, 6) is -1.16. The molecular formula is C13H19F3N2S. The van der Waals surface area contributed by atoms with Crippen molar-refractivity contribution < 1.29 is 13.2 Å². The molecule has 1 aliphatic rings. The molecule has 0 amide bonds. The van der Waals surface area contributed by atoms with E-state index in [-0.39, 0.29) is 18.4 Å². The van der Waals surface area contributed by atoms with Gasteiger partial charge in [0.05, 0.1) is 17.2 Å². The molecule has 0 aromatic carbocycles. The van der Waals surface area contributed by atoms with Crippen molar-refractivity contribution in [2.75, 3.05) is 7.05 Å². The summed E-state index contributed by atoms with van der Waals surface area (Å²) < 4.78 is 38.2. The lowest BCUT2D eigenvalue weighted by atomic mass is 9.76. The number of rotatable bonds is 2. The van der Waals surface area contributed by atoms with Gasteiger partial charge in [-0.3, -0.25) is 0 Å². The molecular weight excluding hydrogens is 273 g/mol. The lowest BCUT2D eigenvalue weighted by Gasteiger charge is -2.39. The van der Waals surface area contributed by atoms with Crippen LogP contribution in [0.4, 0.5) is 13.2 Å². The molecule has 1 aliphatic carbocycles. The molecule has 2 nitrogen and oxygen atoms in total.